The highest BCUT2D eigenvalue weighted by molar-refractivity contribution is 6.20. The van der Waals surface area contributed by atoms with E-state index in [4.69, 9.17) is 26.1 Å². The summed E-state index contributed by atoms with van der Waals surface area (Å²) in [5, 5.41) is 6.18. The minimum absolute atomic E-state index is 0.0249. The van der Waals surface area contributed by atoms with Gasteiger partial charge in [0.1, 0.15) is 5.60 Å². The number of nitrogens with zero attached hydrogens (tertiary/aromatic N) is 2. The molecule has 41 heavy (non-hydrogen) atoms. The fourth-order valence-electron chi connectivity index (χ4n) is 7.08. The second-order valence-corrected chi connectivity index (χ2v) is 13.9. The van der Waals surface area contributed by atoms with Crippen LogP contribution in [0.5, 0.6) is 0 Å². The number of aliphatic imine (C=N–C) groups is 1. The molecule has 4 aliphatic rings. The number of rotatable bonds is 10. The predicted octanol–water partition coefficient (Wildman–Crippen LogP) is 4.07. The van der Waals surface area contributed by atoms with Gasteiger partial charge in [-0.3, -0.25) is 14.7 Å². The number of methoxy groups -OCH3 is 1. The number of carbonyl (C=O) groups is 2. The van der Waals surface area contributed by atoms with Crippen molar-refractivity contribution < 1.29 is 19.1 Å². The first-order chi connectivity index (χ1) is 19.6. The summed E-state index contributed by atoms with van der Waals surface area (Å²) in [7, 11) is 1.83. The van der Waals surface area contributed by atoms with Gasteiger partial charge < -0.3 is 20.1 Å². The molecule has 0 radical (unpaired) electrons. The van der Waals surface area contributed by atoms with Gasteiger partial charge in [0.25, 0.3) is 0 Å². The molecule has 4 N–H and O–H groups in total. The first-order valence-corrected chi connectivity index (χ1v) is 16.3. The largest absolute Gasteiger partial charge is 0.444 e. The Balaban J connectivity index is 1.35. The summed E-state index contributed by atoms with van der Waals surface area (Å²) >= 11 is 6.49. The summed E-state index contributed by atoms with van der Waals surface area (Å²) in [6, 6.07) is 0.208. The molecule has 0 aromatic carbocycles. The van der Waals surface area contributed by atoms with E-state index in [1.54, 1.807) is 0 Å². The van der Waals surface area contributed by atoms with Crippen molar-refractivity contribution in [3.05, 3.63) is 0 Å². The molecule has 2 aliphatic carbocycles. The Kier molecular flexibility index (Phi) is 11.7. The van der Waals surface area contributed by atoms with Gasteiger partial charge in [-0.25, -0.2) is 15.6 Å². The molecule has 3 fully saturated rings. The van der Waals surface area contributed by atoms with Crippen molar-refractivity contribution >= 4 is 29.3 Å². The van der Waals surface area contributed by atoms with Crippen LogP contribution in [-0.2, 0) is 14.3 Å². The zero-order valence-electron chi connectivity index (χ0n) is 25.7. The number of hydrogen-bond donors (Lipinski definition) is 4. The molecular weight excluding hydrogens is 544 g/mol. The van der Waals surface area contributed by atoms with Gasteiger partial charge in [0.05, 0.1) is 30.9 Å². The van der Waals surface area contributed by atoms with Crippen molar-refractivity contribution in [2.45, 2.75) is 140 Å². The fourth-order valence-corrected chi connectivity index (χ4v) is 7.33. The Hall–Kier alpha value is -1.46. The Morgan fingerprint density at radius 2 is 1.73 bits per heavy atom. The monoisotopic (exact) mass is 596 g/mol. The molecule has 10 nitrogen and oxygen atoms in total. The Labute approximate surface area is 251 Å². The van der Waals surface area contributed by atoms with Gasteiger partial charge in [-0.1, -0.05) is 0 Å². The molecule has 0 bridgehead atoms. The first kappa shape index (κ1) is 32.5. The Morgan fingerprint density at radius 1 is 1.02 bits per heavy atom. The fraction of sp³-hybridized carbons (Fsp3) is 0.900. The van der Waals surface area contributed by atoms with Crippen LogP contribution in [0.1, 0.15) is 98.3 Å². The number of amides is 2. The van der Waals surface area contributed by atoms with E-state index in [1.165, 1.54) is 5.71 Å². The highest BCUT2D eigenvalue weighted by Crippen LogP contribution is 2.41. The Bertz CT molecular complexity index is 906. The normalized spacial score (nSPS) is 34.1. The number of fused-ring (bicyclic) bond motifs is 3. The van der Waals surface area contributed by atoms with Crippen LogP contribution >= 0.6 is 11.6 Å². The number of halogens is 1. The minimum atomic E-state index is -0.496. The lowest BCUT2D eigenvalue weighted by Crippen LogP contribution is -2.55. The zero-order chi connectivity index (χ0) is 29.6. The number of ether oxygens (including phenoxy) is 2. The quantitative estimate of drug-likeness (QED) is 0.222. The highest BCUT2D eigenvalue weighted by atomic mass is 35.5. The lowest BCUT2D eigenvalue weighted by molar-refractivity contribution is -0.121. The third kappa shape index (κ3) is 9.02. The number of nitrogens with one attached hydrogen (secondary N) is 4. The number of unbranched alkanes of at least 4 members (excludes halogenated alkanes) is 2. The molecule has 2 heterocycles. The highest BCUT2D eigenvalue weighted by Gasteiger charge is 2.50. The summed E-state index contributed by atoms with van der Waals surface area (Å²) in [4.78, 5) is 33.0. The van der Waals surface area contributed by atoms with E-state index < -0.39 is 5.60 Å². The summed E-state index contributed by atoms with van der Waals surface area (Å²) in [5.74, 6) is 0.797. The zero-order valence-corrected chi connectivity index (χ0v) is 26.5. The molecule has 2 aliphatic heterocycles. The van der Waals surface area contributed by atoms with Gasteiger partial charge >= 0.3 is 6.09 Å². The summed E-state index contributed by atoms with van der Waals surface area (Å²) in [6.45, 7) is 8.93. The average Bonchev–Trinajstić information content (AvgIpc) is 3.24. The molecule has 1 saturated heterocycles. The lowest BCUT2D eigenvalue weighted by Gasteiger charge is -2.44. The third-order valence-corrected chi connectivity index (χ3v) is 9.50. The van der Waals surface area contributed by atoms with Crippen molar-refractivity contribution in [2.24, 2.45) is 16.8 Å². The number of alkyl carbamates (subject to hydrolysis) is 1. The van der Waals surface area contributed by atoms with E-state index in [9.17, 15) is 9.59 Å². The van der Waals surface area contributed by atoms with E-state index in [0.29, 0.717) is 37.4 Å². The predicted molar refractivity (Wildman–Crippen MR) is 162 cm³/mol. The molecule has 234 valence electrons. The molecule has 6 atom stereocenters. The third-order valence-electron chi connectivity index (χ3n) is 9.06. The number of alkyl halides is 1. The SMILES string of the molecule is COC1CCC2C(C1)C(C1CCC(Cl)CC1)=N[C@@H](CC(=O)NCCCCCNC(=O)OC(C)(C)C)C1NNC(C)N21. The van der Waals surface area contributed by atoms with Crippen LogP contribution in [0.4, 0.5) is 4.79 Å². The van der Waals surface area contributed by atoms with Crippen molar-refractivity contribution in [3.8, 4) is 0 Å². The van der Waals surface area contributed by atoms with E-state index in [0.717, 1.165) is 64.2 Å². The van der Waals surface area contributed by atoms with Gasteiger partial charge in [-0.2, -0.15) is 0 Å². The van der Waals surface area contributed by atoms with Crippen LogP contribution < -0.4 is 21.5 Å². The number of carbonyl (C=O) groups excluding carboxylic acids is 2. The van der Waals surface area contributed by atoms with E-state index in [-0.39, 0.29) is 41.9 Å². The van der Waals surface area contributed by atoms with Crippen LogP contribution in [0.25, 0.3) is 0 Å². The van der Waals surface area contributed by atoms with E-state index in [2.05, 4.69) is 33.3 Å². The van der Waals surface area contributed by atoms with Crippen molar-refractivity contribution in [2.75, 3.05) is 20.2 Å². The summed E-state index contributed by atoms with van der Waals surface area (Å²) in [5.41, 5.74) is 7.74. The van der Waals surface area contributed by atoms with Gasteiger partial charge in [0, 0.05) is 43.2 Å². The first-order valence-electron chi connectivity index (χ1n) is 15.8. The second-order valence-electron chi connectivity index (χ2n) is 13.3. The van der Waals surface area contributed by atoms with Crippen LogP contribution in [0.2, 0.25) is 0 Å². The molecule has 5 unspecified atom stereocenters. The van der Waals surface area contributed by atoms with Crippen molar-refractivity contribution in [1.29, 1.82) is 0 Å². The van der Waals surface area contributed by atoms with Gasteiger partial charge in [0.15, 0.2) is 0 Å². The van der Waals surface area contributed by atoms with Crippen LogP contribution in [0, 0.1) is 11.8 Å². The maximum atomic E-state index is 13.2. The average molecular weight is 597 g/mol. The Morgan fingerprint density at radius 3 is 2.41 bits per heavy atom. The molecule has 0 spiro atoms. The minimum Gasteiger partial charge on any atom is -0.444 e. The molecule has 2 amide bonds. The van der Waals surface area contributed by atoms with Crippen molar-refractivity contribution in [1.82, 2.24) is 26.4 Å². The van der Waals surface area contributed by atoms with Crippen LogP contribution in [0.15, 0.2) is 4.99 Å². The molecule has 11 heteroatoms. The second kappa shape index (κ2) is 14.8. The van der Waals surface area contributed by atoms with Gasteiger partial charge in [0.2, 0.25) is 5.91 Å². The lowest BCUT2D eigenvalue weighted by atomic mass is 9.72. The molecule has 0 aromatic heterocycles. The standard InChI is InChI=1S/C30H53ClN6O4/c1-19-35-36-28-24(18-26(38)32-15-7-6-8-16-33-29(39)41-30(2,3)4)34-27(20-9-11-21(31)12-10-20)23-17-22(40-5)13-14-25(23)37(19)28/h19-25,28,35-36H,6-18H2,1-5H3,(H,32,38)(H,33,39)/t19?,20?,21?,22?,23?,24-,25?,28?/m0/s1. The molecule has 0 aromatic rings. The van der Waals surface area contributed by atoms with E-state index >= 15 is 0 Å². The maximum Gasteiger partial charge on any atom is 0.407 e. The molecule has 4 rings (SSSR count). The molecule has 2 saturated carbocycles. The van der Waals surface area contributed by atoms with E-state index in [1.807, 2.05) is 27.9 Å². The topological polar surface area (TPSA) is 116 Å². The van der Waals surface area contributed by atoms with Gasteiger partial charge in [-0.15, -0.1) is 11.6 Å². The molecular formula is C30H53ClN6O4. The number of hydrazine groups is 1. The maximum absolute atomic E-state index is 13.2. The number of hydrogen-bond acceptors (Lipinski definition) is 8. The summed E-state index contributed by atoms with van der Waals surface area (Å²) < 4.78 is 11.1. The van der Waals surface area contributed by atoms with Crippen LogP contribution in [0.3, 0.4) is 0 Å². The summed E-state index contributed by atoms with van der Waals surface area (Å²) in [6.07, 6.45) is 10.3. The van der Waals surface area contributed by atoms with Crippen molar-refractivity contribution in [3.63, 3.8) is 0 Å². The smallest absolute Gasteiger partial charge is 0.407 e. The van der Waals surface area contributed by atoms with Crippen LogP contribution in [-0.4, -0.2) is 84.3 Å². The van der Waals surface area contributed by atoms with Gasteiger partial charge in [-0.05, 0) is 97.8 Å².